The monoisotopic (exact) mass is 628 g/mol. The molecule has 210 valence electrons. The molecule has 0 amide bonds. The third kappa shape index (κ3) is 7.94. The number of hydrogen-bond donors (Lipinski definition) is 0. The molecule has 0 saturated heterocycles. The quantitative estimate of drug-likeness (QED) is 0.135. The number of fused-ring (bicyclic) bond motifs is 2. The SMILES string of the molecule is Cc1ccc(-c2ccc(C)c3[cH-]c(C)cc23)cc1.Cc1ccc(-c2cccc3[cH-]c(C(C)C)cc23)cc1.[CH3-].[CH3-].[Si]=[Zr]. The van der Waals surface area contributed by atoms with Gasteiger partial charge in [0.2, 0.25) is 0 Å². The summed E-state index contributed by atoms with van der Waals surface area (Å²) in [5.74, 6) is 0.582. The minimum absolute atomic E-state index is 0. The normalized spacial score (nSPS) is 10.2. The second-order valence-electron chi connectivity index (χ2n) is 10.8. The molecule has 0 fully saturated rings. The molecule has 6 aromatic carbocycles. The Morgan fingerprint density at radius 3 is 1.68 bits per heavy atom. The van der Waals surface area contributed by atoms with Crippen molar-refractivity contribution in [2.45, 2.75) is 47.5 Å². The van der Waals surface area contributed by atoms with E-state index < -0.39 is 0 Å². The predicted molar refractivity (Wildman–Crippen MR) is 182 cm³/mol. The van der Waals surface area contributed by atoms with Crippen LogP contribution >= 0.6 is 0 Å². The van der Waals surface area contributed by atoms with Crippen LogP contribution in [0, 0.1) is 42.5 Å². The molecule has 2 radical (unpaired) electrons. The Bertz CT molecular complexity index is 1680. The number of hydrogen-bond acceptors (Lipinski definition) is 0. The zero-order valence-electron chi connectivity index (χ0n) is 25.9. The Labute approximate surface area is 265 Å². The van der Waals surface area contributed by atoms with Crippen molar-refractivity contribution in [1.82, 2.24) is 0 Å². The second-order valence-corrected chi connectivity index (χ2v) is 10.8. The summed E-state index contributed by atoms with van der Waals surface area (Å²) in [7, 11) is 0. The van der Waals surface area contributed by atoms with E-state index in [1.807, 2.05) is 0 Å². The maximum atomic E-state index is 3.06. The van der Waals surface area contributed by atoms with Gasteiger partial charge in [-0.3, -0.25) is 0 Å². The van der Waals surface area contributed by atoms with Crippen LogP contribution in [0.15, 0.2) is 103 Å². The molecule has 6 aromatic rings. The summed E-state index contributed by atoms with van der Waals surface area (Å²) in [6, 6.07) is 37.8. The van der Waals surface area contributed by atoms with Crippen molar-refractivity contribution in [3.63, 3.8) is 0 Å². The van der Waals surface area contributed by atoms with E-state index in [-0.39, 0.29) is 14.9 Å². The third-order valence-corrected chi connectivity index (χ3v) is 7.41. The second kappa shape index (κ2) is 15.4. The van der Waals surface area contributed by atoms with Crippen LogP contribution in [0.4, 0.5) is 0 Å². The van der Waals surface area contributed by atoms with Crippen LogP contribution in [0.3, 0.4) is 0 Å². The summed E-state index contributed by atoms with van der Waals surface area (Å²) in [6.45, 7) is 16.2. The zero-order chi connectivity index (χ0) is 28.1. The van der Waals surface area contributed by atoms with Crippen LogP contribution < -0.4 is 0 Å². The first-order chi connectivity index (χ1) is 18.8. The summed E-state index contributed by atoms with van der Waals surface area (Å²) in [4.78, 5) is 0. The average Bonchev–Trinajstić information content (AvgIpc) is 3.56. The van der Waals surface area contributed by atoms with Crippen LogP contribution in [-0.2, 0) is 23.3 Å². The molecule has 2 heteroatoms. The minimum atomic E-state index is 0. The molecule has 0 spiro atoms. The summed E-state index contributed by atoms with van der Waals surface area (Å²) in [6.07, 6.45) is 0. The molecule has 0 N–H and O–H groups in total. The van der Waals surface area contributed by atoms with Crippen molar-refractivity contribution >= 4 is 28.4 Å². The van der Waals surface area contributed by atoms with E-state index in [4.69, 9.17) is 0 Å². The van der Waals surface area contributed by atoms with Gasteiger partial charge in [0, 0.05) is 0 Å². The van der Waals surface area contributed by atoms with E-state index in [9.17, 15) is 0 Å². The fourth-order valence-electron chi connectivity index (χ4n) is 5.15. The first kappa shape index (κ1) is 34.4. The molecule has 0 aromatic heterocycles. The molecule has 0 atom stereocenters. The predicted octanol–water partition coefficient (Wildman–Crippen LogP) is 11.3. The van der Waals surface area contributed by atoms with Crippen LogP contribution in [0.5, 0.6) is 0 Å². The van der Waals surface area contributed by atoms with Crippen LogP contribution in [0.25, 0.3) is 43.8 Å². The van der Waals surface area contributed by atoms with Gasteiger partial charge in [-0.05, 0) is 30.9 Å². The first-order valence-corrected chi connectivity index (χ1v) is 17.7. The Kier molecular flexibility index (Phi) is 13.0. The molecule has 0 aliphatic rings. The molecule has 0 heterocycles. The van der Waals surface area contributed by atoms with Gasteiger partial charge in [0.1, 0.15) is 0 Å². The van der Waals surface area contributed by atoms with Gasteiger partial charge in [-0.25, -0.2) is 0 Å². The van der Waals surface area contributed by atoms with Gasteiger partial charge >= 0.3 is 30.2 Å². The first-order valence-electron chi connectivity index (χ1n) is 13.6. The molecule has 0 aliphatic heterocycles. The van der Waals surface area contributed by atoms with E-state index in [0.29, 0.717) is 5.92 Å². The van der Waals surface area contributed by atoms with E-state index in [2.05, 4.69) is 152 Å². The summed E-state index contributed by atoms with van der Waals surface area (Å²) in [5.41, 5.74) is 12.0. The van der Waals surface area contributed by atoms with Gasteiger partial charge in [0.25, 0.3) is 0 Å². The Hall–Kier alpha value is -2.80. The topological polar surface area (TPSA) is 0 Å². The number of rotatable bonds is 3. The van der Waals surface area contributed by atoms with Crippen LogP contribution in [0.1, 0.15) is 47.6 Å². The van der Waals surface area contributed by atoms with Crippen molar-refractivity contribution in [2.24, 2.45) is 0 Å². The summed E-state index contributed by atoms with van der Waals surface area (Å²) >= 11 is 1.36. The van der Waals surface area contributed by atoms with E-state index in [1.165, 1.54) is 95.0 Å². The van der Waals surface area contributed by atoms with Crippen molar-refractivity contribution in [3.05, 3.63) is 146 Å². The van der Waals surface area contributed by atoms with Gasteiger partial charge in [0.05, 0.1) is 0 Å². The van der Waals surface area contributed by atoms with Crippen molar-refractivity contribution in [1.29, 1.82) is 0 Å². The van der Waals surface area contributed by atoms with Crippen LogP contribution in [-0.4, -0.2) is 6.88 Å². The Morgan fingerprint density at radius 1 is 0.610 bits per heavy atom. The standard InChI is InChI=1S/C19H19.C18H17.2CH3.Si.Zr/c1-13(2)17-11-16-5-4-6-18(19(16)12-17)15-9-7-14(3)8-10-15;1-12-4-7-15(8-5-12)16-9-6-14(3)17-10-13(2)11-18(16)17;;;;/h4-13H,1-3H3;4-11H,1-3H3;2*1H3;;/q4*-1;;. The van der Waals surface area contributed by atoms with E-state index in [1.54, 1.807) is 0 Å². The molecule has 0 nitrogen and oxygen atoms in total. The molecular formula is C39H42SiZr-4. The van der Waals surface area contributed by atoms with Gasteiger partial charge in [-0.2, -0.15) is 12.1 Å². The summed E-state index contributed by atoms with van der Waals surface area (Å²) < 4.78 is 0. The molecule has 0 bridgehead atoms. The van der Waals surface area contributed by atoms with E-state index in [0.717, 1.165) is 0 Å². The van der Waals surface area contributed by atoms with Crippen molar-refractivity contribution in [3.8, 4) is 22.3 Å². The van der Waals surface area contributed by atoms with Crippen LogP contribution in [0.2, 0.25) is 0 Å². The average molecular weight is 630 g/mol. The molecule has 41 heavy (non-hydrogen) atoms. The number of aryl methyl sites for hydroxylation is 4. The molecule has 0 aliphatic carbocycles. The molecule has 0 saturated carbocycles. The molecule has 6 rings (SSSR count). The molecule has 0 unspecified atom stereocenters. The maximum absolute atomic E-state index is 3.06. The Morgan fingerprint density at radius 2 is 1.15 bits per heavy atom. The third-order valence-electron chi connectivity index (χ3n) is 7.41. The van der Waals surface area contributed by atoms with E-state index >= 15 is 0 Å². The molecular weight excluding hydrogens is 588 g/mol. The number of benzene rings is 4. The van der Waals surface area contributed by atoms with Crippen molar-refractivity contribution < 1.29 is 23.3 Å². The van der Waals surface area contributed by atoms with Crippen molar-refractivity contribution in [2.75, 3.05) is 0 Å². The summed E-state index contributed by atoms with van der Waals surface area (Å²) in [5, 5.41) is 5.47. The van der Waals surface area contributed by atoms with Gasteiger partial charge < -0.3 is 14.9 Å². The van der Waals surface area contributed by atoms with Gasteiger partial charge in [0.15, 0.2) is 0 Å². The zero-order valence-corrected chi connectivity index (χ0v) is 29.4. The Balaban J connectivity index is 0.000000259. The fraction of sp³-hybridized carbons (Fsp3) is 0.179. The van der Waals surface area contributed by atoms with Gasteiger partial charge in [-0.1, -0.05) is 111 Å². The van der Waals surface area contributed by atoms with Gasteiger partial charge in [-0.15, -0.1) is 68.6 Å². The fourth-order valence-corrected chi connectivity index (χ4v) is 5.15.